The number of rotatable bonds is 8. The molecule has 1 heterocycles. The van der Waals surface area contributed by atoms with Crippen molar-refractivity contribution < 1.29 is 47.3 Å². The molecule has 0 radical (unpaired) electrons. The summed E-state index contributed by atoms with van der Waals surface area (Å²) in [6, 6.07) is -1.07. The molecule has 1 N–H and O–H groups in total. The highest BCUT2D eigenvalue weighted by molar-refractivity contribution is 5.83. The fourth-order valence-corrected chi connectivity index (χ4v) is 2.72. The lowest BCUT2D eigenvalue weighted by atomic mass is 9.97. The van der Waals surface area contributed by atoms with Crippen LogP contribution in [-0.4, -0.2) is 74.3 Å². The van der Waals surface area contributed by atoms with E-state index in [0.29, 0.717) is 0 Å². The smallest absolute Gasteiger partial charge is 0.303 e. The van der Waals surface area contributed by atoms with Crippen molar-refractivity contribution in [2.24, 2.45) is 0 Å². The molecule has 0 spiro atoms. The Kier molecular flexibility index (Phi) is 9.26. The molecule has 6 atom stereocenters. The minimum atomic E-state index is -1.86. The molecule has 1 fully saturated rings. The number of hydrogen-bond donors (Lipinski definition) is 1. The molecule has 0 unspecified atom stereocenters. The third kappa shape index (κ3) is 7.04. The van der Waals surface area contributed by atoms with Crippen LogP contribution in [-0.2, 0) is 42.9 Å². The van der Waals surface area contributed by atoms with Gasteiger partial charge < -0.3 is 29.0 Å². The first kappa shape index (κ1) is 23.8. The van der Waals surface area contributed by atoms with Gasteiger partial charge in [-0.1, -0.05) is 0 Å². The van der Waals surface area contributed by atoms with E-state index in [4.69, 9.17) is 23.7 Å². The third-order valence-corrected chi connectivity index (χ3v) is 3.91. The molecule has 10 nitrogen and oxygen atoms in total. The van der Waals surface area contributed by atoms with Crippen molar-refractivity contribution in [1.29, 1.82) is 0 Å². The molecule has 1 aliphatic rings. The first-order valence-corrected chi connectivity index (χ1v) is 8.67. The molecule has 1 aliphatic heterocycles. The number of alkyl halides is 1. The highest BCUT2D eigenvalue weighted by atomic mass is 19.1. The van der Waals surface area contributed by atoms with Gasteiger partial charge in [-0.3, -0.25) is 19.2 Å². The van der Waals surface area contributed by atoms with E-state index < -0.39 is 60.6 Å². The van der Waals surface area contributed by atoms with Gasteiger partial charge in [0.15, 0.2) is 24.7 Å². The SMILES string of the molecule is CO[C@@H]1O[C@H](C)[C@@H](NC(=O)[C@H](CCOC(C)=O)OC(C)=O)[C@H](OC(C)=O)[C@H]1F. The predicted octanol–water partition coefficient (Wildman–Crippen LogP) is 0.0171. The van der Waals surface area contributed by atoms with E-state index in [1.165, 1.54) is 14.0 Å². The van der Waals surface area contributed by atoms with Crippen molar-refractivity contribution in [2.75, 3.05) is 13.7 Å². The van der Waals surface area contributed by atoms with Crippen LogP contribution in [0.5, 0.6) is 0 Å². The Labute approximate surface area is 162 Å². The van der Waals surface area contributed by atoms with Crippen molar-refractivity contribution in [1.82, 2.24) is 5.32 Å². The largest absolute Gasteiger partial charge is 0.466 e. The average Bonchev–Trinajstić information content (AvgIpc) is 2.58. The van der Waals surface area contributed by atoms with Crippen LogP contribution in [0.25, 0.3) is 0 Å². The average molecular weight is 407 g/mol. The molecule has 0 aromatic rings. The van der Waals surface area contributed by atoms with E-state index in [9.17, 15) is 23.6 Å². The lowest BCUT2D eigenvalue weighted by Gasteiger charge is -2.41. The molecule has 0 aromatic carbocycles. The summed E-state index contributed by atoms with van der Waals surface area (Å²) in [7, 11) is 1.24. The number of esters is 3. The van der Waals surface area contributed by atoms with Gasteiger partial charge in [0.1, 0.15) is 0 Å². The van der Waals surface area contributed by atoms with E-state index in [-0.39, 0.29) is 13.0 Å². The summed E-state index contributed by atoms with van der Waals surface area (Å²) in [5.41, 5.74) is 0. The third-order valence-electron chi connectivity index (χ3n) is 3.91. The van der Waals surface area contributed by atoms with Crippen molar-refractivity contribution in [3.63, 3.8) is 0 Å². The minimum absolute atomic E-state index is 0.106. The normalized spacial score (nSPS) is 28.0. The topological polar surface area (TPSA) is 126 Å². The van der Waals surface area contributed by atoms with E-state index in [2.05, 4.69) is 5.32 Å². The zero-order valence-corrected chi connectivity index (χ0v) is 16.4. The number of carbonyl (C=O) groups excluding carboxylic acids is 4. The molecule has 11 heteroatoms. The Morgan fingerprint density at radius 2 is 1.75 bits per heavy atom. The van der Waals surface area contributed by atoms with E-state index in [1.807, 2.05) is 0 Å². The Morgan fingerprint density at radius 3 is 2.25 bits per heavy atom. The molecular weight excluding hydrogens is 381 g/mol. The number of carbonyl (C=O) groups is 4. The summed E-state index contributed by atoms with van der Waals surface area (Å²) < 4.78 is 39.6. The summed E-state index contributed by atoms with van der Waals surface area (Å²) in [6.45, 7) is 4.79. The first-order chi connectivity index (χ1) is 13.1. The second-order valence-electron chi connectivity index (χ2n) is 6.22. The predicted molar refractivity (Wildman–Crippen MR) is 90.5 cm³/mol. The molecule has 0 saturated carbocycles. The number of amides is 1. The van der Waals surface area contributed by atoms with Crippen LogP contribution in [0.15, 0.2) is 0 Å². The van der Waals surface area contributed by atoms with Crippen LogP contribution < -0.4 is 5.32 Å². The Hall–Kier alpha value is -2.27. The fraction of sp³-hybridized carbons (Fsp3) is 0.765. The highest BCUT2D eigenvalue weighted by Gasteiger charge is 2.48. The zero-order valence-electron chi connectivity index (χ0n) is 16.4. The van der Waals surface area contributed by atoms with Crippen molar-refractivity contribution in [3.8, 4) is 0 Å². The van der Waals surface area contributed by atoms with Gasteiger partial charge in [0.25, 0.3) is 5.91 Å². The molecule has 0 aromatic heterocycles. The van der Waals surface area contributed by atoms with Gasteiger partial charge >= 0.3 is 17.9 Å². The van der Waals surface area contributed by atoms with Crippen molar-refractivity contribution in [2.45, 2.75) is 70.9 Å². The lowest BCUT2D eigenvalue weighted by molar-refractivity contribution is -0.250. The standard InChI is InChI=1S/C17H26FNO9/c1-8-14(15(28-11(4)22)13(18)17(24-5)26-8)19-16(23)12(27-10(3)21)6-7-25-9(2)20/h8,12-15,17H,6-7H2,1-5H3,(H,19,23)/t8-,12+,13-,14-,15-,17-/m1/s1. The van der Waals surface area contributed by atoms with Crippen molar-refractivity contribution in [3.05, 3.63) is 0 Å². The van der Waals surface area contributed by atoms with Crippen LogP contribution >= 0.6 is 0 Å². The summed E-state index contributed by atoms with van der Waals surface area (Å²) >= 11 is 0. The Balaban J connectivity index is 2.92. The molecule has 28 heavy (non-hydrogen) atoms. The molecule has 1 saturated heterocycles. The zero-order chi connectivity index (χ0) is 21.4. The number of halogens is 1. The first-order valence-electron chi connectivity index (χ1n) is 8.67. The van der Waals surface area contributed by atoms with Crippen molar-refractivity contribution >= 4 is 23.8 Å². The van der Waals surface area contributed by atoms with Crippen LogP contribution in [0, 0.1) is 0 Å². The number of methoxy groups -OCH3 is 1. The number of hydrogen-bond acceptors (Lipinski definition) is 9. The van der Waals surface area contributed by atoms with Crippen LogP contribution in [0.3, 0.4) is 0 Å². The monoisotopic (exact) mass is 407 g/mol. The maximum absolute atomic E-state index is 14.6. The summed E-state index contributed by atoms with van der Waals surface area (Å²) in [4.78, 5) is 46.1. The van der Waals surface area contributed by atoms with Gasteiger partial charge in [0.2, 0.25) is 0 Å². The maximum Gasteiger partial charge on any atom is 0.303 e. The Bertz CT molecular complexity index is 585. The highest BCUT2D eigenvalue weighted by Crippen LogP contribution is 2.26. The number of ether oxygens (including phenoxy) is 5. The molecule has 160 valence electrons. The van der Waals surface area contributed by atoms with E-state index >= 15 is 0 Å². The minimum Gasteiger partial charge on any atom is -0.466 e. The van der Waals surface area contributed by atoms with Gasteiger partial charge in [-0.15, -0.1) is 0 Å². The van der Waals surface area contributed by atoms with Gasteiger partial charge in [-0.25, -0.2) is 4.39 Å². The van der Waals surface area contributed by atoms with Crippen LogP contribution in [0.1, 0.15) is 34.1 Å². The maximum atomic E-state index is 14.6. The second-order valence-corrected chi connectivity index (χ2v) is 6.22. The fourth-order valence-electron chi connectivity index (χ4n) is 2.72. The molecular formula is C17H26FNO9. The molecule has 0 aliphatic carbocycles. The van der Waals surface area contributed by atoms with Gasteiger partial charge in [0.05, 0.1) is 18.8 Å². The van der Waals surface area contributed by atoms with E-state index in [1.54, 1.807) is 6.92 Å². The van der Waals surface area contributed by atoms with Crippen LogP contribution in [0.2, 0.25) is 0 Å². The van der Waals surface area contributed by atoms with Gasteiger partial charge in [-0.05, 0) is 6.92 Å². The Morgan fingerprint density at radius 1 is 1.11 bits per heavy atom. The molecule has 1 rings (SSSR count). The van der Waals surface area contributed by atoms with Gasteiger partial charge in [-0.2, -0.15) is 0 Å². The van der Waals surface area contributed by atoms with E-state index in [0.717, 1.165) is 13.8 Å². The summed E-state index contributed by atoms with van der Waals surface area (Å²) in [5, 5.41) is 2.49. The summed E-state index contributed by atoms with van der Waals surface area (Å²) in [6.07, 6.45) is -6.69. The second kappa shape index (κ2) is 10.9. The lowest BCUT2D eigenvalue weighted by Crippen LogP contribution is -2.64. The molecule has 1 amide bonds. The number of nitrogens with one attached hydrogen (secondary N) is 1. The summed E-state index contributed by atoms with van der Waals surface area (Å²) in [5.74, 6) is -2.81. The van der Waals surface area contributed by atoms with Crippen LogP contribution in [0.4, 0.5) is 4.39 Å². The quantitative estimate of drug-likeness (QED) is 0.437. The molecule has 0 bridgehead atoms. The van der Waals surface area contributed by atoms with Gasteiger partial charge in [0, 0.05) is 34.3 Å².